The van der Waals surface area contributed by atoms with Crippen LogP contribution < -0.4 is 4.74 Å². The quantitative estimate of drug-likeness (QED) is 0.589. The van der Waals surface area contributed by atoms with Crippen molar-refractivity contribution in [3.05, 3.63) is 29.8 Å². The highest BCUT2D eigenvalue weighted by Crippen LogP contribution is 2.23. The summed E-state index contributed by atoms with van der Waals surface area (Å²) >= 11 is 0. The predicted molar refractivity (Wildman–Crippen MR) is 55.6 cm³/mol. The minimum atomic E-state index is -4.69. The van der Waals surface area contributed by atoms with Gasteiger partial charge >= 0.3 is 6.36 Å². The van der Waals surface area contributed by atoms with Crippen LogP contribution in [0.15, 0.2) is 29.4 Å². The Morgan fingerprint density at radius 3 is 2.76 bits per heavy atom. The number of nitrogens with zero attached hydrogens (tertiary/aromatic N) is 1. The van der Waals surface area contributed by atoms with Crippen molar-refractivity contribution in [3.8, 4) is 5.75 Å². The van der Waals surface area contributed by atoms with E-state index in [-0.39, 0.29) is 12.4 Å². The molecule has 1 rings (SSSR count). The van der Waals surface area contributed by atoms with E-state index >= 15 is 0 Å². The standard InChI is InChI=1S/C11H11F3NO2/c1-2-6-15-16-8-9-4-3-5-10(7-9)17-11(12,13)14/h3-5,7H,2,8H2,1H3. The van der Waals surface area contributed by atoms with Crippen molar-refractivity contribution >= 4 is 6.21 Å². The molecule has 1 aromatic carbocycles. The van der Waals surface area contributed by atoms with Crippen LogP contribution in [0.4, 0.5) is 13.2 Å². The molecule has 0 fully saturated rings. The molecule has 0 aromatic heterocycles. The lowest BCUT2D eigenvalue weighted by atomic mass is 10.2. The molecule has 1 radical (unpaired) electrons. The molecule has 1 aromatic rings. The molecule has 0 aliphatic carbocycles. The van der Waals surface area contributed by atoms with Gasteiger partial charge in [0, 0.05) is 0 Å². The van der Waals surface area contributed by atoms with Crippen molar-refractivity contribution < 1.29 is 22.7 Å². The third-order valence-corrected chi connectivity index (χ3v) is 1.65. The van der Waals surface area contributed by atoms with E-state index in [0.717, 1.165) is 0 Å². The number of alkyl halides is 3. The Bertz CT molecular complexity index is 377. The molecule has 0 heterocycles. The van der Waals surface area contributed by atoms with Crippen molar-refractivity contribution in [3.63, 3.8) is 0 Å². The van der Waals surface area contributed by atoms with Gasteiger partial charge in [-0.3, -0.25) is 0 Å². The molecular weight excluding hydrogens is 235 g/mol. The molecule has 0 spiro atoms. The van der Waals surface area contributed by atoms with Gasteiger partial charge in [0.05, 0.1) is 0 Å². The predicted octanol–water partition coefficient (Wildman–Crippen LogP) is 3.37. The maximum Gasteiger partial charge on any atom is 0.573 e. The van der Waals surface area contributed by atoms with Gasteiger partial charge in [-0.2, -0.15) is 0 Å². The van der Waals surface area contributed by atoms with Crippen molar-refractivity contribution in [1.82, 2.24) is 0 Å². The molecule has 0 amide bonds. The molecule has 93 valence electrons. The number of hydrogen-bond acceptors (Lipinski definition) is 3. The molecule has 0 saturated carbocycles. The molecule has 0 aliphatic rings. The van der Waals surface area contributed by atoms with Crippen molar-refractivity contribution in [2.24, 2.45) is 5.16 Å². The van der Waals surface area contributed by atoms with Crippen molar-refractivity contribution in [1.29, 1.82) is 0 Å². The largest absolute Gasteiger partial charge is 0.573 e. The molecule has 0 atom stereocenters. The minimum Gasteiger partial charge on any atom is -0.406 e. The van der Waals surface area contributed by atoms with Crippen molar-refractivity contribution in [2.45, 2.75) is 26.3 Å². The third kappa shape index (κ3) is 5.79. The van der Waals surface area contributed by atoms with Crippen LogP contribution in [0.2, 0.25) is 0 Å². The fraction of sp³-hybridized carbons (Fsp3) is 0.364. The summed E-state index contributed by atoms with van der Waals surface area (Å²) in [6, 6.07) is 5.53. The first-order valence-electron chi connectivity index (χ1n) is 4.91. The first kappa shape index (κ1) is 13.3. The first-order chi connectivity index (χ1) is 8.01. The molecular formula is C11H11F3NO2. The Balaban J connectivity index is 2.57. The van der Waals surface area contributed by atoms with Crippen LogP contribution in [0.3, 0.4) is 0 Å². The number of ether oxygens (including phenoxy) is 1. The highest BCUT2D eigenvalue weighted by Gasteiger charge is 2.31. The minimum absolute atomic E-state index is 0.0715. The van der Waals surface area contributed by atoms with E-state index in [1.54, 1.807) is 6.07 Å². The first-order valence-corrected chi connectivity index (χ1v) is 4.91. The number of halogens is 3. The fourth-order valence-corrected chi connectivity index (χ4v) is 1.05. The zero-order chi connectivity index (χ0) is 12.7. The number of rotatable bonds is 5. The molecule has 0 aliphatic heterocycles. The maximum atomic E-state index is 11.9. The monoisotopic (exact) mass is 246 g/mol. The van der Waals surface area contributed by atoms with Crippen LogP contribution in [0.25, 0.3) is 0 Å². The summed E-state index contributed by atoms with van der Waals surface area (Å²) in [7, 11) is 0. The molecule has 0 unspecified atom stereocenters. The molecule has 0 N–H and O–H groups in total. The van der Waals surface area contributed by atoms with E-state index in [0.29, 0.717) is 12.0 Å². The van der Waals surface area contributed by atoms with Crippen LogP contribution in [0.5, 0.6) is 5.75 Å². The van der Waals surface area contributed by atoms with Gasteiger partial charge in [0.25, 0.3) is 0 Å². The molecule has 3 nitrogen and oxygen atoms in total. The summed E-state index contributed by atoms with van der Waals surface area (Å²) < 4.78 is 39.6. The van der Waals surface area contributed by atoms with Gasteiger partial charge < -0.3 is 9.57 Å². The Hall–Kier alpha value is -1.72. The van der Waals surface area contributed by atoms with E-state index in [1.165, 1.54) is 18.2 Å². The number of hydrogen-bond donors (Lipinski definition) is 0. The fourth-order valence-electron chi connectivity index (χ4n) is 1.05. The summed E-state index contributed by atoms with van der Waals surface area (Å²) in [5.74, 6) is -0.276. The van der Waals surface area contributed by atoms with Crippen LogP contribution in [0.1, 0.15) is 18.9 Å². The van der Waals surface area contributed by atoms with E-state index < -0.39 is 6.36 Å². The van der Waals surface area contributed by atoms with E-state index in [9.17, 15) is 13.2 Å². The SMILES string of the molecule is CC/[C]=N\OCc1cccc(OC(F)(F)F)c1. The van der Waals surface area contributed by atoms with Crippen LogP contribution >= 0.6 is 0 Å². The third-order valence-electron chi connectivity index (χ3n) is 1.65. The lowest BCUT2D eigenvalue weighted by Crippen LogP contribution is -2.17. The van der Waals surface area contributed by atoms with Gasteiger partial charge in [-0.1, -0.05) is 24.2 Å². The van der Waals surface area contributed by atoms with Crippen LogP contribution in [0, 0.1) is 0 Å². The molecule has 17 heavy (non-hydrogen) atoms. The Labute approximate surface area is 96.8 Å². The summed E-state index contributed by atoms with van der Waals surface area (Å²) in [4.78, 5) is 4.82. The average Bonchev–Trinajstić information content (AvgIpc) is 2.23. The zero-order valence-corrected chi connectivity index (χ0v) is 9.12. The maximum absolute atomic E-state index is 11.9. The zero-order valence-electron chi connectivity index (χ0n) is 9.12. The average molecular weight is 246 g/mol. The molecule has 0 bridgehead atoms. The molecule has 6 heteroatoms. The van der Waals surface area contributed by atoms with E-state index in [2.05, 4.69) is 16.1 Å². The van der Waals surface area contributed by atoms with Gasteiger partial charge in [0.15, 0.2) is 0 Å². The summed E-state index contributed by atoms with van der Waals surface area (Å²) in [6.45, 7) is 1.91. The second-order valence-corrected chi connectivity index (χ2v) is 3.07. The van der Waals surface area contributed by atoms with E-state index in [1.807, 2.05) is 6.92 Å². The normalized spacial score (nSPS) is 11.8. The number of benzene rings is 1. The Morgan fingerprint density at radius 1 is 1.35 bits per heavy atom. The van der Waals surface area contributed by atoms with Crippen molar-refractivity contribution in [2.75, 3.05) is 0 Å². The smallest absolute Gasteiger partial charge is 0.406 e. The van der Waals surface area contributed by atoms with Gasteiger partial charge in [-0.25, -0.2) is 0 Å². The second kappa shape index (κ2) is 6.12. The topological polar surface area (TPSA) is 30.8 Å². The lowest BCUT2D eigenvalue weighted by Gasteiger charge is -2.09. The van der Waals surface area contributed by atoms with Gasteiger partial charge in [0.1, 0.15) is 18.6 Å². The summed E-state index contributed by atoms with van der Waals surface area (Å²) in [6.07, 6.45) is -1.52. The van der Waals surface area contributed by atoms with Gasteiger partial charge in [-0.15, -0.1) is 13.2 Å². The van der Waals surface area contributed by atoms with Gasteiger partial charge in [0.2, 0.25) is 0 Å². The Kier molecular flexibility index (Phi) is 4.81. The summed E-state index contributed by atoms with van der Waals surface area (Å²) in [5, 5.41) is 3.48. The van der Waals surface area contributed by atoms with Gasteiger partial charge in [-0.05, 0) is 24.1 Å². The van der Waals surface area contributed by atoms with Crippen LogP contribution in [-0.4, -0.2) is 12.6 Å². The van der Waals surface area contributed by atoms with E-state index in [4.69, 9.17) is 4.84 Å². The summed E-state index contributed by atoms with van der Waals surface area (Å²) in [5.41, 5.74) is 0.536. The van der Waals surface area contributed by atoms with Crippen LogP contribution in [-0.2, 0) is 11.4 Å². The lowest BCUT2D eigenvalue weighted by molar-refractivity contribution is -0.274. The highest BCUT2D eigenvalue weighted by molar-refractivity contribution is 5.55. The second-order valence-electron chi connectivity index (χ2n) is 3.07. The molecule has 0 saturated heterocycles. The highest BCUT2D eigenvalue weighted by atomic mass is 19.4. The Morgan fingerprint density at radius 2 is 2.12 bits per heavy atom.